The van der Waals surface area contributed by atoms with Crippen molar-refractivity contribution in [3.05, 3.63) is 83.7 Å². The Hall–Kier alpha value is -3.64. The summed E-state index contributed by atoms with van der Waals surface area (Å²) in [4.78, 5) is 17.4. The first-order chi connectivity index (χ1) is 16.5. The molecule has 0 aliphatic carbocycles. The van der Waals surface area contributed by atoms with Crippen LogP contribution >= 0.6 is 0 Å². The van der Waals surface area contributed by atoms with Gasteiger partial charge in [-0.05, 0) is 60.7 Å². The number of anilines is 1. The van der Waals surface area contributed by atoms with Crippen LogP contribution in [0.25, 0.3) is 17.2 Å². The van der Waals surface area contributed by atoms with Gasteiger partial charge in [0.25, 0.3) is 0 Å². The number of halogens is 1. The van der Waals surface area contributed by atoms with Gasteiger partial charge in [-0.25, -0.2) is 4.39 Å². The van der Waals surface area contributed by atoms with E-state index in [0.29, 0.717) is 5.75 Å². The normalized spacial score (nSPS) is 14.4. The van der Waals surface area contributed by atoms with E-state index in [4.69, 9.17) is 9.47 Å². The summed E-state index contributed by atoms with van der Waals surface area (Å²) in [6, 6.07) is 18.3. The third kappa shape index (κ3) is 5.13. The number of ketones is 1. The van der Waals surface area contributed by atoms with Crippen LogP contribution in [0.3, 0.4) is 0 Å². The van der Waals surface area contributed by atoms with Crippen LogP contribution in [0.15, 0.2) is 66.7 Å². The third-order valence-electron chi connectivity index (χ3n) is 6.15. The number of para-hydroxylation sites is 1. The molecule has 0 amide bonds. The van der Waals surface area contributed by atoms with Crippen molar-refractivity contribution < 1.29 is 18.7 Å². The van der Waals surface area contributed by atoms with Crippen LogP contribution in [0.1, 0.15) is 15.9 Å². The Balaban J connectivity index is 1.71. The summed E-state index contributed by atoms with van der Waals surface area (Å²) >= 11 is 0. The maximum atomic E-state index is 14.4. The molecule has 1 heterocycles. The average Bonchev–Trinajstić information content (AvgIpc) is 2.87. The molecule has 1 aliphatic rings. The van der Waals surface area contributed by atoms with Gasteiger partial charge in [0, 0.05) is 43.5 Å². The molecular formula is C28H29FN2O3. The van der Waals surface area contributed by atoms with E-state index in [1.165, 1.54) is 25.3 Å². The van der Waals surface area contributed by atoms with Gasteiger partial charge in [0.05, 0.1) is 19.8 Å². The number of nitrogens with zero attached hydrogens (tertiary/aromatic N) is 2. The Morgan fingerprint density at radius 3 is 2.41 bits per heavy atom. The molecule has 4 rings (SSSR count). The Labute approximate surface area is 200 Å². The van der Waals surface area contributed by atoms with Gasteiger partial charge < -0.3 is 19.3 Å². The minimum atomic E-state index is -0.601. The van der Waals surface area contributed by atoms with Crippen molar-refractivity contribution in [2.24, 2.45) is 0 Å². The summed E-state index contributed by atoms with van der Waals surface area (Å²) < 4.78 is 25.0. The number of methoxy groups -OCH3 is 2. The van der Waals surface area contributed by atoms with Gasteiger partial charge in [0.2, 0.25) is 0 Å². The molecule has 34 heavy (non-hydrogen) atoms. The molecule has 0 atom stereocenters. The van der Waals surface area contributed by atoms with Crippen molar-refractivity contribution in [3.63, 3.8) is 0 Å². The van der Waals surface area contributed by atoms with Crippen molar-refractivity contribution in [1.82, 2.24) is 4.90 Å². The molecule has 0 spiro atoms. The number of carbonyl (C=O) groups excluding carboxylic acids is 1. The van der Waals surface area contributed by atoms with E-state index >= 15 is 0 Å². The largest absolute Gasteiger partial charge is 0.497 e. The lowest BCUT2D eigenvalue weighted by Gasteiger charge is -2.35. The number of ether oxygens (including phenoxy) is 2. The minimum Gasteiger partial charge on any atom is -0.497 e. The highest BCUT2D eigenvalue weighted by molar-refractivity contribution is 6.07. The van der Waals surface area contributed by atoms with Crippen LogP contribution in [0.4, 0.5) is 10.1 Å². The van der Waals surface area contributed by atoms with Crippen LogP contribution in [-0.2, 0) is 0 Å². The lowest BCUT2D eigenvalue weighted by atomic mass is 9.99. The molecule has 0 N–H and O–H groups in total. The molecule has 0 aromatic heterocycles. The van der Waals surface area contributed by atoms with Crippen molar-refractivity contribution >= 4 is 17.5 Å². The van der Waals surface area contributed by atoms with E-state index in [-0.39, 0.29) is 5.56 Å². The van der Waals surface area contributed by atoms with Crippen LogP contribution in [-0.4, -0.2) is 58.1 Å². The fourth-order valence-electron chi connectivity index (χ4n) is 4.15. The second-order valence-electron chi connectivity index (χ2n) is 8.31. The molecule has 176 valence electrons. The fourth-order valence-corrected chi connectivity index (χ4v) is 4.15. The zero-order chi connectivity index (χ0) is 24.1. The predicted molar refractivity (Wildman–Crippen MR) is 134 cm³/mol. The number of benzene rings is 3. The molecule has 5 nitrogen and oxygen atoms in total. The lowest BCUT2D eigenvalue weighted by molar-refractivity contribution is 0.104. The summed E-state index contributed by atoms with van der Waals surface area (Å²) in [6.07, 6.45) is 3.21. The van der Waals surface area contributed by atoms with Gasteiger partial charge in [-0.3, -0.25) is 4.79 Å². The Morgan fingerprint density at radius 1 is 0.941 bits per heavy atom. The third-order valence-corrected chi connectivity index (χ3v) is 6.15. The number of rotatable bonds is 7. The van der Waals surface area contributed by atoms with Gasteiger partial charge in [-0.2, -0.15) is 0 Å². The van der Waals surface area contributed by atoms with E-state index in [9.17, 15) is 9.18 Å². The monoisotopic (exact) mass is 460 g/mol. The zero-order valence-electron chi connectivity index (χ0n) is 19.8. The molecule has 1 aliphatic heterocycles. The summed E-state index contributed by atoms with van der Waals surface area (Å²) in [6.45, 7) is 3.72. The highest BCUT2D eigenvalue weighted by Crippen LogP contribution is 2.34. The smallest absolute Gasteiger partial charge is 0.188 e. The van der Waals surface area contributed by atoms with Crippen molar-refractivity contribution in [3.8, 4) is 22.6 Å². The first kappa shape index (κ1) is 23.5. The second-order valence-corrected chi connectivity index (χ2v) is 8.31. The van der Waals surface area contributed by atoms with E-state index in [1.54, 1.807) is 19.3 Å². The van der Waals surface area contributed by atoms with Gasteiger partial charge >= 0.3 is 0 Å². The molecule has 6 heteroatoms. The molecule has 0 bridgehead atoms. The molecule has 0 unspecified atom stereocenters. The Bertz CT molecular complexity index is 1200. The quantitative estimate of drug-likeness (QED) is 0.360. The summed E-state index contributed by atoms with van der Waals surface area (Å²) in [5.74, 6) is 0.157. The van der Waals surface area contributed by atoms with Gasteiger partial charge in [-0.1, -0.05) is 24.3 Å². The van der Waals surface area contributed by atoms with E-state index in [2.05, 4.69) is 35.0 Å². The summed E-state index contributed by atoms with van der Waals surface area (Å²) in [5.41, 5.74) is 3.91. The van der Waals surface area contributed by atoms with Gasteiger partial charge in [-0.15, -0.1) is 0 Å². The fraction of sp³-hybridized carbons (Fsp3) is 0.250. The predicted octanol–water partition coefficient (Wildman–Crippen LogP) is 5.16. The molecule has 3 aromatic rings. The maximum absolute atomic E-state index is 14.4. The maximum Gasteiger partial charge on any atom is 0.188 e. The molecular weight excluding hydrogens is 431 g/mol. The highest BCUT2D eigenvalue weighted by Gasteiger charge is 2.18. The van der Waals surface area contributed by atoms with E-state index in [0.717, 1.165) is 54.3 Å². The zero-order valence-corrected chi connectivity index (χ0v) is 19.8. The second kappa shape index (κ2) is 10.5. The number of piperazine rings is 1. The first-order valence-electron chi connectivity index (χ1n) is 11.3. The van der Waals surface area contributed by atoms with Crippen LogP contribution < -0.4 is 14.4 Å². The highest BCUT2D eigenvalue weighted by atomic mass is 19.1. The number of likely N-dealkylation sites (N-methyl/N-ethyl adjacent to an activating group) is 1. The van der Waals surface area contributed by atoms with Gasteiger partial charge in [0.15, 0.2) is 5.78 Å². The molecule has 0 saturated carbocycles. The van der Waals surface area contributed by atoms with E-state index < -0.39 is 11.6 Å². The van der Waals surface area contributed by atoms with Crippen molar-refractivity contribution in [2.45, 2.75) is 0 Å². The summed E-state index contributed by atoms with van der Waals surface area (Å²) in [7, 11) is 5.23. The average molecular weight is 461 g/mol. The Kier molecular flexibility index (Phi) is 7.28. The van der Waals surface area contributed by atoms with Crippen LogP contribution in [0, 0.1) is 5.82 Å². The standard InChI is InChI=1S/C28H29FN2O3/c1-30-14-16-31(17-15-30)26-12-8-20(23-6-4-5-7-28(23)34-3)18-21(26)9-13-27(32)24-11-10-22(33-2)19-25(24)29/h4-13,18-19H,14-17H2,1-3H3/b13-9+. The van der Waals surface area contributed by atoms with Gasteiger partial charge in [0.1, 0.15) is 17.3 Å². The van der Waals surface area contributed by atoms with Crippen molar-refractivity contribution in [1.29, 1.82) is 0 Å². The number of allylic oxidation sites excluding steroid dienone is 1. The molecule has 0 radical (unpaired) electrons. The first-order valence-corrected chi connectivity index (χ1v) is 11.3. The van der Waals surface area contributed by atoms with Crippen LogP contribution in [0.2, 0.25) is 0 Å². The number of carbonyl (C=O) groups is 1. The number of hydrogen-bond acceptors (Lipinski definition) is 5. The van der Waals surface area contributed by atoms with Crippen LogP contribution in [0.5, 0.6) is 11.5 Å². The molecule has 1 fully saturated rings. The molecule has 1 saturated heterocycles. The Morgan fingerprint density at radius 2 is 1.71 bits per heavy atom. The van der Waals surface area contributed by atoms with E-state index in [1.807, 2.05) is 24.3 Å². The molecule has 3 aromatic carbocycles. The number of hydrogen-bond donors (Lipinski definition) is 0. The SMILES string of the molecule is COc1ccc(C(=O)/C=C/c2cc(-c3ccccc3OC)ccc2N2CCN(C)CC2)c(F)c1. The van der Waals surface area contributed by atoms with Crippen molar-refractivity contribution in [2.75, 3.05) is 52.3 Å². The summed E-state index contributed by atoms with van der Waals surface area (Å²) in [5, 5.41) is 0. The topological polar surface area (TPSA) is 42.0 Å². The minimum absolute atomic E-state index is 0.0130. The lowest BCUT2D eigenvalue weighted by Crippen LogP contribution is -2.44.